The quantitative estimate of drug-likeness (QED) is 0.471. The van der Waals surface area contributed by atoms with Crippen LogP contribution in [0.3, 0.4) is 0 Å². The lowest BCUT2D eigenvalue weighted by molar-refractivity contribution is -0.385. The Labute approximate surface area is 153 Å². The molecule has 3 rings (SSSR count). The zero-order chi connectivity index (χ0) is 19.1. The van der Waals surface area contributed by atoms with Gasteiger partial charge in [0.25, 0.3) is 0 Å². The number of benzene rings is 2. The van der Waals surface area contributed by atoms with Crippen LogP contribution in [0.2, 0.25) is 0 Å². The Bertz CT molecular complexity index is 834. The molecule has 1 aliphatic heterocycles. The van der Waals surface area contributed by atoms with Crippen molar-refractivity contribution in [2.45, 2.75) is 45.8 Å². The first-order valence-electron chi connectivity index (χ1n) is 8.48. The summed E-state index contributed by atoms with van der Waals surface area (Å²) >= 11 is 0. The van der Waals surface area contributed by atoms with Gasteiger partial charge in [-0.25, -0.2) is 0 Å². The summed E-state index contributed by atoms with van der Waals surface area (Å²) in [5.74, 6) is 0.665. The summed E-state index contributed by atoms with van der Waals surface area (Å²) in [6.45, 7) is 9.75. The molecule has 6 nitrogen and oxygen atoms in total. The summed E-state index contributed by atoms with van der Waals surface area (Å²) in [5.41, 5.74) is 0.514. The zero-order valence-corrected chi connectivity index (χ0v) is 15.6. The first kappa shape index (κ1) is 18.4. The Morgan fingerprint density at radius 2 is 1.62 bits per heavy atom. The standard InChI is InChI=1S/C19H22BNO5/c1-13-10-11-15(21(22)23)17(12-13)24-16-9-7-6-8-14(16)20-25-18(2,3)19(4,5)26-20/h6-12H,1-5H3. The van der Waals surface area contributed by atoms with Gasteiger partial charge in [0.2, 0.25) is 5.75 Å². The van der Waals surface area contributed by atoms with Gasteiger partial charge in [-0.15, -0.1) is 0 Å². The summed E-state index contributed by atoms with van der Waals surface area (Å²) in [6, 6.07) is 12.1. The van der Waals surface area contributed by atoms with Crippen LogP contribution in [0.5, 0.6) is 11.5 Å². The van der Waals surface area contributed by atoms with Gasteiger partial charge >= 0.3 is 12.8 Å². The number of hydrogen-bond donors (Lipinski definition) is 0. The molecule has 7 heteroatoms. The van der Waals surface area contributed by atoms with Gasteiger partial charge in [0.05, 0.1) is 16.1 Å². The predicted molar refractivity (Wildman–Crippen MR) is 100 cm³/mol. The summed E-state index contributed by atoms with van der Waals surface area (Å²) in [4.78, 5) is 10.9. The van der Waals surface area contributed by atoms with E-state index in [9.17, 15) is 10.1 Å². The maximum absolute atomic E-state index is 11.3. The Kier molecular flexibility index (Phi) is 4.54. The number of rotatable bonds is 4. The third kappa shape index (κ3) is 3.32. The Morgan fingerprint density at radius 1 is 1.00 bits per heavy atom. The van der Waals surface area contributed by atoms with Crippen molar-refractivity contribution >= 4 is 18.3 Å². The van der Waals surface area contributed by atoms with Gasteiger partial charge in [-0.3, -0.25) is 10.1 Å². The molecular formula is C19H22BNO5. The van der Waals surface area contributed by atoms with Crippen LogP contribution in [0.25, 0.3) is 0 Å². The van der Waals surface area contributed by atoms with Crippen molar-refractivity contribution in [2.24, 2.45) is 0 Å². The van der Waals surface area contributed by atoms with E-state index in [1.165, 1.54) is 6.07 Å². The van der Waals surface area contributed by atoms with E-state index in [1.807, 2.05) is 52.8 Å². The number of nitro benzene ring substituents is 1. The van der Waals surface area contributed by atoms with Crippen LogP contribution in [0.1, 0.15) is 33.3 Å². The largest absolute Gasteiger partial charge is 0.498 e. The summed E-state index contributed by atoms with van der Waals surface area (Å²) in [7, 11) is -0.611. The van der Waals surface area contributed by atoms with Crippen LogP contribution < -0.4 is 10.2 Å². The van der Waals surface area contributed by atoms with Crippen LogP contribution >= 0.6 is 0 Å². The second-order valence-electron chi connectivity index (χ2n) is 7.46. The maximum Gasteiger partial charge on any atom is 0.498 e. The number of hydrogen-bond acceptors (Lipinski definition) is 5. The first-order valence-corrected chi connectivity index (χ1v) is 8.48. The summed E-state index contributed by atoms with van der Waals surface area (Å²) in [5, 5.41) is 11.3. The SMILES string of the molecule is Cc1ccc([N+](=O)[O-])c(Oc2ccccc2B2OC(C)(C)C(C)(C)O2)c1. The monoisotopic (exact) mass is 355 g/mol. The van der Waals surface area contributed by atoms with Crippen molar-refractivity contribution in [2.75, 3.05) is 0 Å². The van der Waals surface area contributed by atoms with Crippen molar-refractivity contribution in [1.29, 1.82) is 0 Å². The maximum atomic E-state index is 11.3. The fourth-order valence-electron chi connectivity index (χ4n) is 2.71. The molecule has 0 aromatic heterocycles. The highest BCUT2D eigenvalue weighted by Gasteiger charge is 2.52. The third-order valence-electron chi connectivity index (χ3n) is 4.96. The fourth-order valence-corrected chi connectivity index (χ4v) is 2.71. The van der Waals surface area contributed by atoms with Crippen LogP contribution in [0, 0.1) is 17.0 Å². The molecule has 1 fully saturated rings. The highest BCUT2D eigenvalue weighted by molar-refractivity contribution is 6.63. The molecule has 2 aromatic rings. The Balaban J connectivity index is 1.98. The average Bonchev–Trinajstić information content (AvgIpc) is 2.75. The minimum Gasteiger partial charge on any atom is -0.450 e. The van der Waals surface area contributed by atoms with Crippen molar-refractivity contribution in [3.8, 4) is 11.5 Å². The molecule has 1 aliphatic rings. The van der Waals surface area contributed by atoms with Crippen LogP contribution in [0.15, 0.2) is 42.5 Å². The number of para-hydroxylation sites is 1. The minimum absolute atomic E-state index is 0.0840. The molecule has 0 amide bonds. The number of aryl methyl sites for hydroxylation is 1. The van der Waals surface area contributed by atoms with Crippen LogP contribution in [-0.2, 0) is 9.31 Å². The van der Waals surface area contributed by atoms with E-state index < -0.39 is 23.2 Å². The third-order valence-corrected chi connectivity index (χ3v) is 4.96. The molecule has 0 spiro atoms. The zero-order valence-electron chi connectivity index (χ0n) is 15.6. The molecule has 0 unspecified atom stereocenters. The lowest BCUT2D eigenvalue weighted by Gasteiger charge is -2.32. The van der Waals surface area contributed by atoms with Gasteiger partial charge in [0.1, 0.15) is 5.75 Å². The smallest absolute Gasteiger partial charge is 0.450 e. The van der Waals surface area contributed by atoms with E-state index >= 15 is 0 Å². The van der Waals surface area contributed by atoms with Gasteiger partial charge in [0, 0.05) is 11.5 Å². The van der Waals surface area contributed by atoms with Gasteiger partial charge in [-0.2, -0.15) is 0 Å². The van der Waals surface area contributed by atoms with Crippen LogP contribution in [0.4, 0.5) is 5.69 Å². The fraction of sp³-hybridized carbons (Fsp3) is 0.368. The Hall–Kier alpha value is -2.38. The van der Waals surface area contributed by atoms with E-state index in [1.54, 1.807) is 18.2 Å². The average molecular weight is 355 g/mol. The van der Waals surface area contributed by atoms with E-state index in [0.717, 1.165) is 5.56 Å². The lowest BCUT2D eigenvalue weighted by atomic mass is 9.78. The predicted octanol–water partition coefficient (Wildman–Crippen LogP) is 3.99. The molecular weight excluding hydrogens is 333 g/mol. The molecule has 0 saturated carbocycles. The van der Waals surface area contributed by atoms with Gasteiger partial charge in [-0.05, 0) is 52.3 Å². The molecule has 2 aromatic carbocycles. The van der Waals surface area contributed by atoms with E-state index in [4.69, 9.17) is 14.0 Å². The number of ether oxygens (including phenoxy) is 1. The molecule has 0 atom stereocenters. The summed E-state index contributed by atoms with van der Waals surface area (Å²) < 4.78 is 18.1. The van der Waals surface area contributed by atoms with Gasteiger partial charge in [0.15, 0.2) is 0 Å². The number of nitrogens with zero attached hydrogens (tertiary/aromatic N) is 1. The second kappa shape index (κ2) is 6.41. The molecule has 0 radical (unpaired) electrons. The molecule has 1 heterocycles. The van der Waals surface area contributed by atoms with E-state index in [-0.39, 0.29) is 11.4 Å². The van der Waals surface area contributed by atoms with Crippen molar-refractivity contribution in [1.82, 2.24) is 0 Å². The van der Waals surface area contributed by atoms with E-state index in [2.05, 4.69) is 0 Å². The Morgan fingerprint density at radius 3 is 2.23 bits per heavy atom. The highest BCUT2D eigenvalue weighted by atomic mass is 16.7. The normalized spacial score (nSPS) is 18.0. The molecule has 136 valence electrons. The molecule has 26 heavy (non-hydrogen) atoms. The number of nitro groups is 1. The summed E-state index contributed by atoms with van der Waals surface area (Å²) in [6.07, 6.45) is 0. The molecule has 0 aliphatic carbocycles. The minimum atomic E-state index is -0.611. The second-order valence-corrected chi connectivity index (χ2v) is 7.46. The van der Waals surface area contributed by atoms with Crippen LogP contribution in [-0.4, -0.2) is 23.2 Å². The van der Waals surface area contributed by atoms with Gasteiger partial charge in [-0.1, -0.05) is 24.3 Å². The highest BCUT2D eigenvalue weighted by Crippen LogP contribution is 2.38. The van der Waals surface area contributed by atoms with Crippen molar-refractivity contribution in [3.05, 3.63) is 58.1 Å². The molecule has 1 saturated heterocycles. The topological polar surface area (TPSA) is 70.8 Å². The molecule has 0 N–H and O–H groups in total. The first-order chi connectivity index (χ1) is 12.1. The van der Waals surface area contributed by atoms with Crippen molar-refractivity contribution < 1.29 is 19.0 Å². The lowest BCUT2D eigenvalue weighted by Crippen LogP contribution is -2.41. The van der Waals surface area contributed by atoms with Gasteiger partial charge < -0.3 is 14.0 Å². The van der Waals surface area contributed by atoms with E-state index in [0.29, 0.717) is 11.2 Å². The van der Waals surface area contributed by atoms with Crippen molar-refractivity contribution in [3.63, 3.8) is 0 Å². The molecule has 0 bridgehead atoms.